The van der Waals surface area contributed by atoms with Crippen LogP contribution in [-0.4, -0.2) is 4.98 Å². The van der Waals surface area contributed by atoms with Crippen molar-refractivity contribution in [3.8, 4) is 0 Å². The Bertz CT molecular complexity index is 757. The van der Waals surface area contributed by atoms with E-state index in [0.29, 0.717) is 6.04 Å². The van der Waals surface area contributed by atoms with Crippen molar-refractivity contribution in [3.05, 3.63) is 45.1 Å². The molecule has 0 saturated heterocycles. The fourth-order valence-corrected chi connectivity index (χ4v) is 4.82. The first-order chi connectivity index (χ1) is 9.79. The van der Waals surface area contributed by atoms with E-state index >= 15 is 0 Å². The molecular formula is C16H16N2S2. The minimum absolute atomic E-state index is 0.469. The van der Waals surface area contributed by atoms with E-state index in [4.69, 9.17) is 0 Å². The third-order valence-electron chi connectivity index (χ3n) is 3.89. The quantitative estimate of drug-likeness (QED) is 0.707. The maximum absolute atomic E-state index is 4.52. The Morgan fingerprint density at radius 2 is 2.25 bits per heavy atom. The summed E-state index contributed by atoms with van der Waals surface area (Å²) in [7, 11) is 0. The summed E-state index contributed by atoms with van der Waals surface area (Å²) < 4.78 is 1.27. The first-order valence-electron chi connectivity index (χ1n) is 6.99. The van der Waals surface area contributed by atoms with Crippen molar-refractivity contribution in [1.29, 1.82) is 0 Å². The molecule has 0 amide bonds. The molecule has 0 radical (unpaired) electrons. The Morgan fingerprint density at radius 3 is 3.20 bits per heavy atom. The van der Waals surface area contributed by atoms with Gasteiger partial charge in [-0.15, -0.1) is 22.7 Å². The second kappa shape index (κ2) is 4.86. The molecule has 102 valence electrons. The SMILES string of the molecule is Cc1nc2ccc(NC3CCCc4sccc43)cc2s1. The van der Waals surface area contributed by atoms with Gasteiger partial charge in [-0.25, -0.2) is 4.98 Å². The fraction of sp³-hybridized carbons (Fsp3) is 0.312. The molecule has 1 atom stereocenters. The Morgan fingerprint density at radius 1 is 1.30 bits per heavy atom. The zero-order valence-electron chi connectivity index (χ0n) is 11.3. The molecule has 4 rings (SSSR count). The number of rotatable bonds is 2. The highest BCUT2D eigenvalue weighted by atomic mass is 32.1. The van der Waals surface area contributed by atoms with E-state index in [1.807, 2.05) is 11.3 Å². The lowest BCUT2D eigenvalue weighted by molar-refractivity contribution is 0.609. The van der Waals surface area contributed by atoms with Crippen LogP contribution < -0.4 is 5.32 Å². The van der Waals surface area contributed by atoms with Crippen LogP contribution in [0.3, 0.4) is 0 Å². The van der Waals surface area contributed by atoms with Gasteiger partial charge in [0, 0.05) is 10.6 Å². The summed E-state index contributed by atoms with van der Waals surface area (Å²) >= 11 is 3.66. The predicted octanol–water partition coefficient (Wildman–Crippen LogP) is 5.16. The standard InChI is InChI=1S/C16H16N2S2/c1-10-17-14-6-5-11(9-16(14)20-10)18-13-3-2-4-15-12(13)7-8-19-15/h5-9,13,18H,2-4H2,1H3. The summed E-state index contributed by atoms with van der Waals surface area (Å²) in [5, 5.41) is 7.07. The van der Waals surface area contributed by atoms with E-state index in [9.17, 15) is 0 Å². The number of nitrogens with zero attached hydrogens (tertiary/aromatic N) is 1. The number of hydrogen-bond donors (Lipinski definition) is 1. The minimum atomic E-state index is 0.469. The molecule has 4 heteroatoms. The summed E-state index contributed by atoms with van der Waals surface area (Å²) in [6.45, 7) is 2.07. The van der Waals surface area contributed by atoms with Crippen LogP contribution in [0, 0.1) is 6.92 Å². The summed E-state index contributed by atoms with van der Waals surface area (Å²) in [6.07, 6.45) is 3.76. The second-order valence-electron chi connectivity index (χ2n) is 5.30. The van der Waals surface area contributed by atoms with Crippen LogP contribution in [0.5, 0.6) is 0 Å². The highest BCUT2D eigenvalue weighted by Gasteiger charge is 2.21. The molecule has 1 aliphatic carbocycles. The van der Waals surface area contributed by atoms with Crippen molar-refractivity contribution in [2.45, 2.75) is 32.2 Å². The van der Waals surface area contributed by atoms with Crippen LogP contribution in [0.4, 0.5) is 5.69 Å². The molecule has 0 aliphatic heterocycles. The van der Waals surface area contributed by atoms with Gasteiger partial charge in [-0.2, -0.15) is 0 Å². The zero-order chi connectivity index (χ0) is 13.5. The summed E-state index contributed by atoms with van der Waals surface area (Å²) in [5.41, 5.74) is 3.82. The molecule has 0 saturated carbocycles. The highest BCUT2D eigenvalue weighted by molar-refractivity contribution is 7.18. The molecular weight excluding hydrogens is 284 g/mol. The number of anilines is 1. The van der Waals surface area contributed by atoms with Gasteiger partial charge in [0.15, 0.2) is 0 Å². The Labute approximate surface area is 126 Å². The highest BCUT2D eigenvalue weighted by Crippen LogP contribution is 2.36. The predicted molar refractivity (Wildman–Crippen MR) is 88.0 cm³/mol. The van der Waals surface area contributed by atoms with Crippen molar-refractivity contribution in [1.82, 2.24) is 4.98 Å². The van der Waals surface area contributed by atoms with E-state index in [-0.39, 0.29) is 0 Å². The number of benzene rings is 1. The molecule has 0 spiro atoms. The van der Waals surface area contributed by atoms with Gasteiger partial charge in [-0.05, 0) is 61.4 Å². The average Bonchev–Trinajstić information content (AvgIpc) is 3.03. The van der Waals surface area contributed by atoms with Crippen LogP contribution in [0.2, 0.25) is 0 Å². The van der Waals surface area contributed by atoms with Crippen molar-refractivity contribution < 1.29 is 0 Å². The minimum Gasteiger partial charge on any atom is -0.378 e. The molecule has 3 aromatic rings. The van der Waals surface area contributed by atoms with Crippen molar-refractivity contribution in [3.63, 3.8) is 0 Å². The number of aryl methyl sites for hydroxylation is 2. The van der Waals surface area contributed by atoms with Crippen LogP contribution >= 0.6 is 22.7 Å². The van der Waals surface area contributed by atoms with Gasteiger partial charge in [0.05, 0.1) is 21.3 Å². The lowest BCUT2D eigenvalue weighted by Gasteiger charge is -2.24. The number of fused-ring (bicyclic) bond motifs is 2. The van der Waals surface area contributed by atoms with Gasteiger partial charge in [0.1, 0.15) is 0 Å². The molecule has 2 aromatic heterocycles. The van der Waals surface area contributed by atoms with Crippen molar-refractivity contribution in [2.75, 3.05) is 5.32 Å². The number of nitrogens with one attached hydrogen (secondary N) is 1. The summed E-state index contributed by atoms with van der Waals surface area (Å²) in [4.78, 5) is 6.08. The van der Waals surface area contributed by atoms with Gasteiger partial charge < -0.3 is 5.32 Å². The monoisotopic (exact) mass is 300 g/mol. The first kappa shape index (κ1) is 12.4. The van der Waals surface area contributed by atoms with Gasteiger partial charge >= 0.3 is 0 Å². The first-order valence-corrected chi connectivity index (χ1v) is 8.69. The van der Waals surface area contributed by atoms with Crippen LogP contribution in [-0.2, 0) is 6.42 Å². The van der Waals surface area contributed by atoms with Crippen LogP contribution in [0.1, 0.15) is 34.3 Å². The largest absolute Gasteiger partial charge is 0.378 e. The second-order valence-corrected chi connectivity index (χ2v) is 7.54. The molecule has 1 N–H and O–H groups in total. The summed E-state index contributed by atoms with van der Waals surface area (Å²) in [6, 6.07) is 9.27. The zero-order valence-corrected chi connectivity index (χ0v) is 13.0. The molecule has 1 aliphatic rings. The van der Waals surface area contributed by atoms with E-state index in [1.165, 1.54) is 35.2 Å². The summed E-state index contributed by atoms with van der Waals surface area (Å²) in [5.74, 6) is 0. The molecule has 0 bridgehead atoms. The molecule has 1 aromatic carbocycles. The van der Waals surface area contributed by atoms with E-state index in [1.54, 1.807) is 16.2 Å². The Balaban J connectivity index is 1.65. The number of hydrogen-bond acceptors (Lipinski definition) is 4. The molecule has 20 heavy (non-hydrogen) atoms. The fourth-order valence-electron chi connectivity index (χ4n) is 2.97. The number of thiophene rings is 1. The van der Waals surface area contributed by atoms with Crippen molar-refractivity contribution >= 4 is 38.6 Å². The van der Waals surface area contributed by atoms with Gasteiger partial charge in [0.2, 0.25) is 0 Å². The van der Waals surface area contributed by atoms with Crippen LogP contribution in [0.25, 0.3) is 10.2 Å². The third-order valence-corrected chi connectivity index (χ3v) is 5.82. The van der Waals surface area contributed by atoms with Crippen LogP contribution in [0.15, 0.2) is 29.6 Å². The van der Waals surface area contributed by atoms with E-state index < -0.39 is 0 Å². The maximum atomic E-state index is 4.52. The Kier molecular flexibility index (Phi) is 3.00. The average molecular weight is 300 g/mol. The molecule has 1 unspecified atom stereocenters. The third kappa shape index (κ3) is 2.13. The van der Waals surface area contributed by atoms with Gasteiger partial charge in [-0.1, -0.05) is 0 Å². The molecule has 2 nitrogen and oxygen atoms in total. The smallest absolute Gasteiger partial charge is 0.0907 e. The molecule has 2 heterocycles. The number of thiazole rings is 1. The van der Waals surface area contributed by atoms with Gasteiger partial charge in [-0.3, -0.25) is 0 Å². The van der Waals surface area contributed by atoms with E-state index in [0.717, 1.165) is 10.5 Å². The molecule has 0 fully saturated rings. The normalized spacial score (nSPS) is 18.1. The van der Waals surface area contributed by atoms with Gasteiger partial charge in [0.25, 0.3) is 0 Å². The number of aromatic nitrogens is 1. The van der Waals surface area contributed by atoms with E-state index in [2.05, 4.69) is 46.9 Å². The lowest BCUT2D eigenvalue weighted by Crippen LogP contribution is -2.15. The topological polar surface area (TPSA) is 24.9 Å². The lowest BCUT2D eigenvalue weighted by atomic mass is 9.94. The van der Waals surface area contributed by atoms with Crippen molar-refractivity contribution in [2.24, 2.45) is 0 Å². The Hall–Kier alpha value is -1.39. The maximum Gasteiger partial charge on any atom is 0.0907 e.